The summed E-state index contributed by atoms with van der Waals surface area (Å²) in [6.45, 7) is 1.62. The molecular weight excluding hydrogens is 333 g/mol. The third-order valence-electron chi connectivity index (χ3n) is 2.69. The number of methoxy groups -OCH3 is 1. The molecule has 2 rings (SSSR count). The number of hydrogen-bond donors (Lipinski definition) is 2. The number of aryl methyl sites for hydroxylation is 1. The van der Waals surface area contributed by atoms with E-state index in [9.17, 15) is 18.0 Å². The Morgan fingerprint density at radius 3 is 2.70 bits per heavy atom. The number of anilines is 1. The van der Waals surface area contributed by atoms with Gasteiger partial charge in [-0.25, -0.2) is 14.8 Å². The van der Waals surface area contributed by atoms with Gasteiger partial charge in [-0.1, -0.05) is 0 Å². The van der Waals surface area contributed by atoms with Crippen LogP contribution >= 0.6 is 11.3 Å². The van der Waals surface area contributed by atoms with Crippen molar-refractivity contribution >= 4 is 23.2 Å². The van der Waals surface area contributed by atoms with E-state index in [2.05, 4.69) is 20.6 Å². The number of hydrogen-bond acceptors (Lipinski definition) is 5. The molecule has 0 saturated heterocycles. The van der Waals surface area contributed by atoms with E-state index >= 15 is 0 Å². The maximum atomic E-state index is 12.4. The highest BCUT2D eigenvalue weighted by Gasteiger charge is 2.33. The number of urea groups is 1. The van der Waals surface area contributed by atoms with Crippen LogP contribution in [0.5, 0.6) is 5.75 Å². The zero-order valence-electron chi connectivity index (χ0n) is 12.2. The number of pyridine rings is 1. The Kier molecular flexibility index (Phi) is 5.04. The van der Waals surface area contributed by atoms with Gasteiger partial charge in [0.25, 0.3) is 0 Å². The van der Waals surface area contributed by atoms with E-state index in [0.29, 0.717) is 11.4 Å². The summed E-state index contributed by atoms with van der Waals surface area (Å²) >= 11 is 0.821. The molecule has 0 bridgehead atoms. The predicted octanol–water partition coefficient (Wildman–Crippen LogP) is 3.20. The number of halogens is 3. The predicted molar refractivity (Wildman–Crippen MR) is 78.5 cm³/mol. The van der Waals surface area contributed by atoms with Crippen molar-refractivity contribution in [3.05, 3.63) is 33.9 Å². The second-order valence-electron chi connectivity index (χ2n) is 4.44. The first-order valence-corrected chi connectivity index (χ1v) is 7.25. The number of amides is 2. The number of nitrogens with one attached hydrogen (secondary N) is 2. The molecule has 6 nitrogen and oxygen atoms in total. The molecule has 2 amide bonds. The van der Waals surface area contributed by atoms with Crippen LogP contribution in [0.25, 0.3) is 0 Å². The summed E-state index contributed by atoms with van der Waals surface area (Å²) in [5.74, 6) is 0.597. The van der Waals surface area contributed by atoms with Gasteiger partial charge in [0.15, 0.2) is 17.3 Å². The molecule has 2 aromatic heterocycles. The minimum atomic E-state index is -4.49. The van der Waals surface area contributed by atoms with E-state index in [-0.39, 0.29) is 17.4 Å². The molecule has 2 heterocycles. The number of ether oxygens (including phenoxy) is 1. The first kappa shape index (κ1) is 17.0. The highest BCUT2D eigenvalue weighted by Crippen LogP contribution is 2.30. The Morgan fingerprint density at radius 2 is 2.09 bits per heavy atom. The normalized spacial score (nSPS) is 11.2. The van der Waals surface area contributed by atoms with Crippen LogP contribution in [0.2, 0.25) is 0 Å². The smallest absolute Gasteiger partial charge is 0.434 e. The molecule has 0 aromatic carbocycles. The van der Waals surface area contributed by atoms with Crippen molar-refractivity contribution in [1.82, 2.24) is 15.3 Å². The number of nitrogens with zero attached hydrogens (tertiary/aromatic N) is 2. The molecule has 23 heavy (non-hydrogen) atoms. The van der Waals surface area contributed by atoms with Gasteiger partial charge in [0.2, 0.25) is 0 Å². The topological polar surface area (TPSA) is 76.1 Å². The summed E-state index contributed by atoms with van der Waals surface area (Å²) in [5.41, 5.74) is -0.294. The minimum Gasteiger partial charge on any atom is -0.493 e. The van der Waals surface area contributed by atoms with E-state index in [1.807, 2.05) is 0 Å². The quantitative estimate of drug-likeness (QED) is 0.891. The second kappa shape index (κ2) is 6.82. The average Bonchev–Trinajstić information content (AvgIpc) is 2.94. The molecule has 2 N–H and O–H groups in total. The van der Waals surface area contributed by atoms with E-state index in [1.165, 1.54) is 7.11 Å². The molecular formula is C13H13F3N4O2S. The summed E-state index contributed by atoms with van der Waals surface area (Å²) in [5, 5.41) is 5.95. The van der Waals surface area contributed by atoms with Gasteiger partial charge in [0.1, 0.15) is 5.01 Å². The van der Waals surface area contributed by atoms with E-state index in [1.54, 1.807) is 19.1 Å². The fourth-order valence-electron chi connectivity index (χ4n) is 1.63. The zero-order chi connectivity index (χ0) is 17.0. The van der Waals surface area contributed by atoms with Crippen LogP contribution in [0.1, 0.15) is 16.4 Å². The molecule has 0 aliphatic rings. The molecule has 0 radical (unpaired) electrons. The monoisotopic (exact) mass is 346 g/mol. The summed E-state index contributed by atoms with van der Waals surface area (Å²) in [6.07, 6.45) is -4.49. The lowest BCUT2D eigenvalue weighted by molar-refractivity contribution is -0.140. The Labute approximate surface area is 133 Å². The van der Waals surface area contributed by atoms with Gasteiger partial charge in [-0.2, -0.15) is 13.2 Å². The Hall–Kier alpha value is -2.36. The molecule has 124 valence electrons. The number of thiazole rings is 1. The molecule has 0 spiro atoms. The van der Waals surface area contributed by atoms with Crippen LogP contribution in [-0.2, 0) is 12.7 Å². The molecule has 0 aliphatic heterocycles. The minimum absolute atomic E-state index is 0.124. The molecule has 0 saturated carbocycles. The number of rotatable bonds is 4. The highest BCUT2D eigenvalue weighted by molar-refractivity contribution is 7.09. The van der Waals surface area contributed by atoms with Gasteiger partial charge in [0.05, 0.1) is 13.7 Å². The van der Waals surface area contributed by atoms with Gasteiger partial charge >= 0.3 is 12.2 Å². The third kappa shape index (κ3) is 4.55. The Bertz CT molecular complexity index is 703. The first-order valence-electron chi connectivity index (χ1n) is 6.37. The van der Waals surface area contributed by atoms with Crippen molar-refractivity contribution in [1.29, 1.82) is 0 Å². The molecule has 2 aromatic rings. The fourth-order valence-corrected chi connectivity index (χ4v) is 2.37. The first-order chi connectivity index (χ1) is 10.8. The average molecular weight is 346 g/mol. The Balaban J connectivity index is 1.95. The van der Waals surface area contributed by atoms with Crippen molar-refractivity contribution in [3.8, 4) is 5.75 Å². The number of carbonyl (C=O) groups excluding carboxylic acids is 1. The maximum Gasteiger partial charge on any atom is 0.434 e. The lowest BCUT2D eigenvalue weighted by Gasteiger charge is -2.10. The standard InChI is InChI=1S/C13H13F3N4O2S/c1-7-3-4-8(22-2)11(18-7)20-12(21)17-5-10-19-9(6-23-10)13(14,15)16/h3-4,6H,5H2,1-2H3,(H2,17,18,20,21). The van der Waals surface area contributed by atoms with Gasteiger partial charge in [-0.3, -0.25) is 5.32 Å². The van der Waals surface area contributed by atoms with Crippen LogP contribution < -0.4 is 15.4 Å². The van der Waals surface area contributed by atoms with Gasteiger partial charge in [-0.05, 0) is 19.1 Å². The van der Waals surface area contributed by atoms with E-state index < -0.39 is 17.9 Å². The summed E-state index contributed by atoms with van der Waals surface area (Å²) in [7, 11) is 1.43. The van der Waals surface area contributed by atoms with Crippen molar-refractivity contribution in [2.45, 2.75) is 19.6 Å². The van der Waals surface area contributed by atoms with Crippen LogP contribution in [0.3, 0.4) is 0 Å². The molecule has 0 unspecified atom stereocenters. The van der Waals surface area contributed by atoms with Crippen LogP contribution in [0.15, 0.2) is 17.5 Å². The fraction of sp³-hybridized carbons (Fsp3) is 0.308. The van der Waals surface area contributed by atoms with Crippen LogP contribution in [0.4, 0.5) is 23.8 Å². The highest BCUT2D eigenvalue weighted by atomic mass is 32.1. The molecule has 10 heteroatoms. The van der Waals surface area contributed by atoms with Crippen molar-refractivity contribution < 1.29 is 22.7 Å². The van der Waals surface area contributed by atoms with Gasteiger partial charge in [0, 0.05) is 11.1 Å². The third-order valence-corrected chi connectivity index (χ3v) is 3.54. The SMILES string of the molecule is COc1ccc(C)nc1NC(=O)NCc1nc(C(F)(F)F)cs1. The number of carbonyl (C=O) groups is 1. The van der Waals surface area contributed by atoms with Crippen molar-refractivity contribution in [3.63, 3.8) is 0 Å². The van der Waals surface area contributed by atoms with E-state index in [4.69, 9.17) is 4.74 Å². The Morgan fingerprint density at radius 1 is 1.35 bits per heavy atom. The van der Waals surface area contributed by atoms with Crippen LogP contribution in [0, 0.1) is 6.92 Å². The molecule has 0 atom stereocenters. The second-order valence-corrected chi connectivity index (χ2v) is 5.38. The van der Waals surface area contributed by atoms with Crippen molar-refractivity contribution in [2.24, 2.45) is 0 Å². The molecule has 0 fully saturated rings. The maximum absolute atomic E-state index is 12.4. The largest absolute Gasteiger partial charge is 0.493 e. The number of alkyl halides is 3. The molecule has 0 aliphatic carbocycles. The van der Waals surface area contributed by atoms with Crippen molar-refractivity contribution in [2.75, 3.05) is 12.4 Å². The summed E-state index contributed by atoms with van der Waals surface area (Å²) < 4.78 is 42.4. The summed E-state index contributed by atoms with van der Waals surface area (Å²) in [6, 6.07) is 2.75. The zero-order valence-corrected chi connectivity index (χ0v) is 13.0. The lowest BCUT2D eigenvalue weighted by Crippen LogP contribution is -2.28. The van der Waals surface area contributed by atoms with Gasteiger partial charge < -0.3 is 10.1 Å². The summed E-state index contributed by atoms with van der Waals surface area (Å²) in [4.78, 5) is 19.3. The van der Waals surface area contributed by atoms with Crippen LogP contribution in [-0.4, -0.2) is 23.1 Å². The van der Waals surface area contributed by atoms with Gasteiger partial charge in [-0.15, -0.1) is 11.3 Å². The number of aromatic nitrogens is 2. The lowest BCUT2D eigenvalue weighted by atomic mass is 10.3. The van der Waals surface area contributed by atoms with E-state index in [0.717, 1.165) is 16.7 Å².